The molecule has 0 aliphatic rings. The molecule has 4 aromatic rings. The van der Waals surface area contributed by atoms with Gasteiger partial charge in [-0.25, -0.2) is 4.98 Å². The number of aromatic amines is 1. The zero-order chi connectivity index (χ0) is 16.0. The maximum absolute atomic E-state index is 12.4. The lowest BCUT2D eigenvalue weighted by molar-refractivity contribution is 0.102. The number of hydrogen-bond donors (Lipinski definition) is 2. The second kappa shape index (κ2) is 4.98. The van der Waals surface area contributed by atoms with Gasteiger partial charge in [-0.15, -0.1) is 0 Å². The Morgan fingerprint density at radius 2 is 2.00 bits per heavy atom. The van der Waals surface area contributed by atoms with E-state index in [1.165, 1.54) is 0 Å². The fraction of sp³-hybridized carbons (Fsp3) is 0.111. The Kier molecular flexibility index (Phi) is 2.94. The molecule has 0 atom stereocenters. The Balaban J connectivity index is 1.64. The van der Waals surface area contributed by atoms with E-state index >= 15 is 0 Å². The maximum Gasteiger partial charge on any atom is 0.272 e. The van der Waals surface area contributed by atoms with Crippen molar-refractivity contribution in [2.75, 3.05) is 5.32 Å². The number of amides is 1. The Labute approximate surface area is 132 Å². The molecule has 114 valence electrons. The van der Waals surface area contributed by atoms with E-state index in [1.807, 2.05) is 31.2 Å². The summed E-state index contributed by atoms with van der Waals surface area (Å²) in [6.45, 7) is 3.82. The Morgan fingerprint density at radius 1 is 1.13 bits per heavy atom. The first-order valence-corrected chi connectivity index (χ1v) is 7.36. The lowest BCUT2D eigenvalue weighted by atomic mass is 10.2. The van der Waals surface area contributed by atoms with Crippen LogP contribution in [0.2, 0.25) is 0 Å². The molecule has 1 amide bonds. The first kappa shape index (κ1) is 13.6. The Hall–Kier alpha value is -3.08. The van der Waals surface area contributed by atoms with Crippen LogP contribution in [0, 0.1) is 13.8 Å². The van der Waals surface area contributed by atoms with Gasteiger partial charge < -0.3 is 14.7 Å². The third-order valence-corrected chi connectivity index (χ3v) is 3.77. The van der Waals surface area contributed by atoms with Gasteiger partial charge in [0.1, 0.15) is 11.2 Å². The van der Waals surface area contributed by atoms with Crippen molar-refractivity contribution >= 4 is 33.6 Å². The summed E-state index contributed by atoms with van der Waals surface area (Å²) in [4.78, 5) is 19.8. The molecule has 0 saturated carbocycles. The lowest BCUT2D eigenvalue weighted by Gasteiger charge is -2.03. The molecule has 2 aromatic heterocycles. The van der Waals surface area contributed by atoms with Gasteiger partial charge in [0.25, 0.3) is 5.91 Å². The molecule has 0 bridgehead atoms. The van der Waals surface area contributed by atoms with Gasteiger partial charge in [0.05, 0.1) is 0 Å². The summed E-state index contributed by atoms with van der Waals surface area (Å²) in [7, 11) is 0. The lowest BCUT2D eigenvalue weighted by Crippen LogP contribution is -2.12. The molecule has 0 aliphatic heterocycles. The van der Waals surface area contributed by atoms with Gasteiger partial charge in [-0.2, -0.15) is 0 Å². The van der Waals surface area contributed by atoms with Crippen LogP contribution in [0.4, 0.5) is 5.69 Å². The number of carbonyl (C=O) groups excluding carboxylic acids is 1. The van der Waals surface area contributed by atoms with Crippen LogP contribution in [-0.4, -0.2) is 15.9 Å². The van der Waals surface area contributed by atoms with Crippen molar-refractivity contribution in [1.82, 2.24) is 9.97 Å². The molecular formula is C18H15N3O2. The third kappa shape index (κ3) is 2.46. The molecule has 5 nitrogen and oxygen atoms in total. The molecule has 2 heterocycles. The number of anilines is 1. The van der Waals surface area contributed by atoms with Crippen LogP contribution < -0.4 is 5.32 Å². The molecule has 4 rings (SSSR count). The average molecular weight is 305 g/mol. The second-order valence-corrected chi connectivity index (χ2v) is 5.64. The van der Waals surface area contributed by atoms with Gasteiger partial charge in [-0.05, 0) is 42.8 Å². The molecule has 2 aromatic carbocycles. The summed E-state index contributed by atoms with van der Waals surface area (Å²) >= 11 is 0. The van der Waals surface area contributed by atoms with Gasteiger partial charge in [0, 0.05) is 23.5 Å². The first-order chi connectivity index (χ1) is 11.1. The van der Waals surface area contributed by atoms with Gasteiger partial charge in [-0.3, -0.25) is 4.79 Å². The van der Waals surface area contributed by atoms with Gasteiger partial charge in [-0.1, -0.05) is 12.1 Å². The maximum atomic E-state index is 12.4. The average Bonchev–Trinajstić information content (AvgIpc) is 3.08. The fourth-order valence-corrected chi connectivity index (χ4v) is 2.68. The minimum absolute atomic E-state index is 0.182. The highest BCUT2D eigenvalue weighted by Crippen LogP contribution is 2.21. The van der Waals surface area contributed by atoms with Crippen molar-refractivity contribution in [3.8, 4) is 0 Å². The predicted octanol–water partition coefficient (Wildman–Crippen LogP) is 4.18. The molecule has 2 N–H and O–H groups in total. The number of fused-ring (bicyclic) bond motifs is 2. The topological polar surface area (TPSA) is 70.9 Å². The summed E-state index contributed by atoms with van der Waals surface area (Å²) in [6, 6.07) is 13.3. The quantitative estimate of drug-likeness (QED) is 0.583. The van der Waals surface area contributed by atoms with Crippen molar-refractivity contribution in [2.45, 2.75) is 13.8 Å². The van der Waals surface area contributed by atoms with Crippen LogP contribution in [0.1, 0.15) is 21.9 Å². The van der Waals surface area contributed by atoms with Gasteiger partial charge in [0.15, 0.2) is 11.5 Å². The number of rotatable bonds is 2. The monoisotopic (exact) mass is 305 g/mol. The molecule has 0 radical (unpaired) electrons. The number of hydrogen-bond acceptors (Lipinski definition) is 3. The number of benzene rings is 2. The van der Waals surface area contributed by atoms with Crippen LogP contribution in [0.25, 0.3) is 22.0 Å². The van der Waals surface area contributed by atoms with E-state index < -0.39 is 0 Å². The summed E-state index contributed by atoms with van der Waals surface area (Å²) < 4.78 is 5.43. The highest BCUT2D eigenvalue weighted by molar-refractivity contribution is 6.06. The minimum atomic E-state index is -0.182. The second-order valence-electron chi connectivity index (χ2n) is 5.64. The van der Waals surface area contributed by atoms with Crippen molar-refractivity contribution in [3.05, 3.63) is 59.6 Å². The highest BCUT2D eigenvalue weighted by Gasteiger charge is 2.11. The zero-order valence-corrected chi connectivity index (χ0v) is 12.8. The fourth-order valence-electron chi connectivity index (χ4n) is 2.68. The summed E-state index contributed by atoms with van der Waals surface area (Å²) in [5.74, 6) is 0.424. The molecular weight excluding hydrogens is 290 g/mol. The number of oxazole rings is 1. The van der Waals surface area contributed by atoms with E-state index in [1.54, 1.807) is 25.1 Å². The number of aromatic nitrogens is 2. The summed E-state index contributed by atoms with van der Waals surface area (Å²) in [5.41, 5.74) is 4.76. The van der Waals surface area contributed by atoms with E-state index in [2.05, 4.69) is 15.3 Å². The van der Waals surface area contributed by atoms with E-state index in [0.717, 1.165) is 22.0 Å². The molecule has 0 unspecified atom stereocenters. The number of carbonyl (C=O) groups is 1. The number of H-pyrrole nitrogens is 1. The van der Waals surface area contributed by atoms with Crippen molar-refractivity contribution in [3.63, 3.8) is 0 Å². The SMILES string of the molecule is Cc1ccc2cc(C(=O)Nc3ccc4oc(C)nc4c3)[nH]c2c1. The predicted molar refractivity (Wildman–Crippen MR) is 89.7 cm³/mol. The smallest absolute Gasteiger partial charge is 0.272 e. The van der Waals surface area contributed by atoms with Crippen LogP contribution in [-0.2, 0) is 0 Å². The molecule has 5 heteroatoms. The summed E-state index contributed by atoms with van der Waals surface area (Å²) in [5, 5.41) is 3.90. The van der Waals surface area contributed by atoms with Crippen LogP contribution in [0.5, 0.6) is 0 Å². The van der Waals surface area contributed by atoms with E-state index in [0.29, 0.717) is 22.9 Å². The normalized spacial score (nSPS) is 11.2. The first-order valence-electron chi connectivity index (χ1n) is 7.36. The van der Waals surface area contributed by atoms with E-state index in [4.69, 9.17) is 4.42 Å². The molecule has 23 heavy (non-hydrogen) atoms. The number of aryl methyl sites for hydroxylation is 2. The van der Waals surface area contributed by atoms with Crippen LogP contribution >= 0.6 is 0 Å². The third-order valence-electron chi connectivity index (χ3n) is 3.77. The van der Waals surface area contributed by atoms with Gasteiger partial charge in [0.2, 0.25) is 0 Å². The van der Waals surface area contributed by atoms with E-state index in [-0.39, 0.29) is 5.91 Å². The Bertz CT molecular complexity index is 1040. The van der Waals surface area contributed by atoms with Crippen molar-refractivity contribution in [2.24, 2.45) is 0 Å². The largest absolute Gasteiger partial charge is 0.441 e. The van der Waals surface area contributed by atoms with Crippen molar-refractivity contribution < 1.29 is 9.21 Å². The number of nitrogens with zero attached hydrogens (tertiary/aromatic N) is 1. The molecule has 0 spiro atoms. The van der Waals surface area contributed by atoms with Crippen molar-refractivity contribution in [1.29, 1.82) is 0 Å². The zero-order valence-electron chi connectivity index (χ0n) is 12.8. The standard InChI is InChI=1S/C18H15N3O2/c1-10-3-4-12-8-16(21-14(12)7-10)18(22)20-13-5-6-17-15(9-13)19-11(2)23-17/h3-9,21H,1-2H3,(H,20,22). The summed E-state index contributed by atoms with van der Waals surface area (Å²) in [6.07, 6.45) is 0. The highest BCUT2D eigenvalue weighted by atomic mass is 16.3. The van der Waals surface area contributed by atoms with Crippen LogP contribution in [0.15, 0.2) is 46.9 Å². The molecule has 0 aliphatic carbocycles. The van der Waals surface area contributed by atoms with E-state index in [9.17, 15) is 4.79 Å². The van der Waals surface area contributed by atoms with Gasteiger partial charge >= 0.3 is 0 Å². The number of nitrogens with one attached hydrogen (secondary N) is 2. The Morgan fingerprint density at radius 3 is 2.87 bits per heavy atom. The van der Waals surface area contributed by atoms with Crippen LogP contribution in [0.3, 0.4) is 0 Å². The minimum Gasteiger partial charge on any atom is -0.441 e. The molecule has 0 fully saturated rings. The molecule has 0 saturated heterocycles.